The van der Waals surface area contributed by atoms with E-state index in [1.807, 2.05) is 0 Å². The summed E-state index contributed by atoms with van der Waals surface area (Å²) in [6.45, 7) is 0.989. The van der Waals surface area contributed by atoms with Crippen LogP contribution >= 0.6 is 0 Å². The van der Waals surface area contributed by atoms with E-state index in [1.165, 1.54) is 12.4 Å². The lowest BCUT2D eigenvalue weighted by molar-refractivity contribution is -0.138. The van der Waals surface area contributed by atoms with Crippen LogP contribution in [0.15, 0.2) is 12.4 Å². The van der Waals surface area contributed by atoms with E-state index in [9.17, 15) is 9.59 Å². The van der Waals surface area contributed by atoms with Gasteiger partial charge in [-0.3, -0.25) is 10.1 Å². The first-order valence-electron chi connectivity index (χ1n) is 5.56. The molecule has 1 fully saturated rings. The van der Waals surface area contributed by atoms with E-state index in [-0.39, 0.29) is 24.3 Å². The van der Waals surface area contributed by atoms with Gasteiger partial charge in [-0.1, -0.05) is 0 Å². The van der Waals surface area contributed by atoms with Crippen molar-refractivity contribution >= 4 is 17.9 Å². The fraction of sp³-hybridized carbons (Fsp3) is 0.500. The molecule has 1 aromatic heterocycles. The first kappa shape index (κ1) is 12.2. The van der Waals surface area contributed by atoms with Gasteiger partial charge in [0, 0.05) is 19.5 Å². The number of rotatable bonds is 3. The number of carbonyl (C=O) groups is 2. The maximum atomic E-state index is 11.8. The van der Waals surface area contributed by atoms with E-state index in [2.05, 4.69) is 20.5 Å². The van der Waals surface area contributed by atoms with Gasteiger partial charge in [-0.05, 0) is 12.3 Å². The molecule has 1 unspecified atom stereocenters. The second kappa shape index (κ2) is 5.39. The second-order valence-electron chi connectivity index (χ2n) is 4.10. The van der Waals surface area contributed by atoms with Crippen molar-refractivity contribution in [1.82, 2.24) is 20.1 Å². The zero-order chi connectivity index (χ0) is 13.0. The molecule has 0 aromatic carbocycles. The maximum Gasteiger partial charge on any atom is 0.324 e. The third kappa shape index (κ3) is 3.12. The molecule has 1 aliphatic heterocycles. The molecule has 18 heavy (non-hydrogen) atoms. The molecule has 2 heterocycles. The van der Waals surface area contributed by atoms with Crippen molar-refractivity contribution in [3.8, 4) is 0 Å². The lowest BCUT2D eigenvalue weighted by Gasteiger charge is -2.15. The molecule has 0 spiro atoms. The van der Waals surface area contributed by atoms with E-state index in [4.69, 9.17) is 5.11 Å². The van der Waals surface area contributed by atoms with E-state index in [0.717, 1.165) is 0 Å². The molecular formula is C10H13N5O3. The van der Waals surface area contributed by atoms with Gasteiger partial charge in [0.1, 0.15) is 0 Å². The molecule has 0 radical (unpaired) electrons. The topological polar surface area (TPSA) is 108 Å². The third-order valence-electron chi connectivity index (χ3n) is 2.74. The molecule has 1 aliphatic rings. The summed E-state index contributed by atoms with van der Waals surface area (Å²) in [4.78, 5) is 27.8. The molecule has 0 saturated carbocycles. The highest BCUT2D eigenvalue weighted by Crippen LogP contribution is 2.19. The fourth-order valence-corrected chi connectivity index (χ4v) is 1.91. The van der Waals surface area contributed by atoms with Gasteiger partial charge in [0.05, 0.1) is 12.4 Å². The minimum atomic E-state index is -0.835. The van der Waals surface area contributed by atoms with Crippen molar-refractivity contribution < 1.29 is 14.7 Å². The minimum Gasteiger partial charge on any atom is -0.481 e. The number of amides is 2. The number of nitrogens with one attached hydrogen (secondary N) is 1. The number of carboxylic acids is 1. The Hall–Kier alpha value is -2.25. The number of aromatic nitrogens is 3. The lowest BCUT2D eigenvalue weighted by Crippen LogP contribution is -2.33. The number of nitrogens with zero attached hydrogens (tertiary/aromatic N) is 4. The first-order chi connectivity index (χ1) is 8.65. The molecule has 1 aromatic rings. The quantitative estimate of drug-likeness (QED) is 0.794. The highest BCUT2D eigenvalue weighted by Gasteiger charge is 2.28. The Morgan fingerprint density at radius 1 is 1.50 bits per heavy atom. The van der Waals surface area contributed by atoms with Crippen LogP contribution in [0.2, 0.25) is 0 Å². The molecule has 8 nitrogen and oxygen atoms in total. The summed E-state index contributed by atoms with van der Waals surface area (Å²) in [5, 5.41) is 18.4. The number of hydrogen-bond donors (Lipinski definition) is 2. The second-order valence-corrected chi connectivity index (χ2v) is 4.10. The summed E-state index contributed by atoms with van der Waals surface area (Å²) >= 11 is 0. The highest BCUT2D eigenvalue weighted by molar-refractivity contribution is 5.87. The molecule has 2 rings (SSSR count). The summed E-state index contributed by atoms with van der Waals surface area (Å²) < 4.78 is 0. The lowest BCUT2D eigenvalue weighted by atomic mass is 10.1. The zero-order valence-electron chi connectivity index (χ0n) is 9.61. The monoisotopic (exact) mass is 251 g/mol. The van der Waals surface area contributed by atoms with Crippen LogP contribution in [0.1, 0.15) is 12.8 Å². The van der Waals surface area contributed by atoms with Gasteiger partial charge < -0.3 is 10.0 Å². The van der Waals surface area contributed by atoms with Crippen LogP contribution in [0.25, 0.3) is 0 Å². The first-order valence-corrected chi connectivity index (χ1v) is 5.56. The smallest absolute Gasteiger partial charge is 0.324 e. The number of aliphatic carboxylic acids is 1. The molecule has 0 aliphatic carbocycles. The Morgan fingerprint density at radius 3 is 3.00 bits per heavy atom. The zero-order valence-corrected chi connectivity index (χ0v) is 9.61. The van der Waals surface area contributed by atoms with E-state index < -0.39 is 5.97 Å². The molecule has 8 heteroatoms. The minimum absolute atomic E-state index is 0.0167. The van der Waals surface area contributed by atoms with Gasteiger partial charge in [-0.15, -0.1) is 5.10 Å². The van der Waals surface area contributed by atoms with Crippen LogP contribution in [-0.4, -0.2) is 50.3 Å². The van der Waals surface area contributed by atoms with Crippen molar-refractivity contribution in [2.45, 2.75) is 12.8 Å². The molecule has 0 bridgehead atoms. The van der Waals surface area contributed by atoms with Gasteiger partial charge >= 0.3 is 12.0 Å². The summed E-state index contributed by atoms with van der Waals surface area (Å²) in [5.41, 5.74) is 0. The number of anilines is 1. The Bertz CT molecular complexity index is 438. The van der Waals surface area contributed by atoms with Gasteiger partial charge in [0.25, 0.3) is 5.95 Å². The molecular weight excluding hydrogens is 238 g/mol. The number of carbonyl (C=O) groups excluding carboxylic acids is 1. The predicted molar refractivity (Wildman–Crippen MR) is 60.8 cm³/mol. The van der Waals surface area contributed by atoms with Crippen LogP contribution in [0, 0.1) is 5.92 Å². The van der Waals surface area contributed by atoms with Gasteiger partial charge in [-0.25, -0.2) is 9.78 Å². The van der Waals surface area contributed by atoms with Crippen LogP contribution in [-0.2, 0) is 4.79 Å². The fourth-order valence-electron chi connectivity index (χ4n) is 1.91. The van der Waals surface area contributed by atoms with Gasteiger partial charge in [0.2, 0.25) is 0 Å². The Kier molecular flexibility index (Phi) is 3.66. The number of carboxylic acid groups (broad SMARTS) is 1. The standard InChI is InChI=1S/C10H13N5O3/c16-8(17)5-7-1-4-15(6-7)10(18)13-9-11-2-3-12-14-9/h2-3,7H,1,4-6H2,(H,16,17)(H,11,13,14,18). The molecule has 1 atom stereocenters. The van der Waals surface area contributed by atoms with Crippen LogP contribution < -0.4 is 5.32 Å². The van der Waals surface area contributed by atoms with Crippen LogP contribution in [0.5, 0.6) is 0 Å². The van der Waals surface area contributed by atoms with Crippen molar-refractivity contribution in [1.29, 1.82) is 0 Å². The molecule has 2 amide bonds. The number of hydrogen-bond acceptors (Lipinski definition) is 5. The molecule has 2 N–H and O–H groups in total. The van der Waals surface area contributed by atoms with E-state index in [1.54, 1.807) is 4.90 Å². The summed E-state index contributed by atoms with van der Waals surface area (Å²) in [6, 6.07) is -0.323. The molecule has 1 saturated heterocycles. The summed E-state index contributed by atoms with van der Waals surface area (Å²) in [5.74, 6) is -0.676. The average Bonchev–Trinajstić information content (AvgIpc) is 2.78. The van der Waals surface area contributed by atoms with Crippen molar-refractivity contribution in [3.05, 3.63) is 12.4 Å². The summed E-state index contributed by atoms with van der Waals surface area (Å²) in [7, 11) is 0. The van der Waals surface area contributed by atoms with Crippen molar-refractivity contribution in [2.75, 3.05) is 18.4 Å². The van der Waals surface area contributed by atoms with E-state index in [0.29, 0.717) is 19.5 Å². The number of likely N-dealkylation sites (tertiary alicyclic amines) is 1. The predicted octanol–water partition coefficient (Wildman–Crippen LogP) is 0.200. The summed E-state index contributed by atoms with van der Waals surface area (Å²) in [6.07, 6.45) is 3.63. The third-order valence-corrected chi connectivity index (χ3v) is 2.74. The Morgan fingerprint density at radius 2 is 2.33 bits per heavy atom. The van der Waals surface area contributed by atoms with Crippen molar-refractivity contribution in [3.63, 3.8) is 0 Å². The molecule has 96 valence electrons. The van der Waals surface area contributed by atoms with Crippen molar-refractivity contribution in [2.24, 2.45) is 5.92 Å². The normalized spacial score (nSPS) is 18.7. The Balaban J connectivity index is 1.86. The van der Waals surface area contributed by atoms with Crippen LogP contribution in [0.4, 0.5) is 10.7 Å². The largest absolute Gasteiger partial charge is 0.481 e. The average molecular weight is 251 g/mol. The maximum absolute atomic E-state index is 11.8. The number of urea groups is 1. The van der Waals surface area contributed by atoms with E-state index >= 15 is 0 Å². The highest BCUT2D eigenvalue weighted by atomic mass is 16.4. The van der Waals surface area contributed by atoms with Gasteiger partial charge in [-0.2, -0.15) is 5.10 Å². The Labute approximate surface area is 103 Å². The van der Waals surface area contributed by atoms with Crippen LogP contribution in [0.3, 0.4) is 0 Å². The van der Waals surface area contributed by atoms with Gasteiger partial charge in [0.15, 0.2) is 0 Å². The SMILES string of the molecule is O=C(O)CC1CCN(C(=O)Nc2nccnn2)C1.